The molecule has 1 aromatic carbocycles. The van der Waals surface area contributed by atoms with Gasteiger partial charge < -0.3 is 14.2 Å². The van der Waals surface area contributed by atoms with Gasteiger partial charge in [-0.25, -0.2) is 0 Å². The molecule has 5 heteroatoms. The maximum Gasteiger partial charge on any atom is 0.231 e. The third kappa shape index (κ3) is 5.50. The standard InChI is InChI=1S/C30H41NO4/c1-20(12-13-24-21(2)10-8-15-30(24,3)4)9-7-11-23(32)18-25-27-22(14-16-31(25)5)17-26-28(29(27)33-6)35-19-34-26/h7,9,11,17,25H,8,10,12-16,18-19H2,1-6H3/b11-7-,20-9-/t25-/m0/s1. The highest BCUT2D eigenvalue weighted by Gasteiger charge is 2.34. The van der Waals surface area contributed by atoms with Gasteiger partial charge in [0.15, 0.2) is 17.3 Å². The van der Waals surface area contributed by atoms with E-state index < -0.39 is 0 Å². The first-order chi connectivity index (χ1) is 16.7. The van der Waals surface area contributed by atoms with Crippen molar-refractivity contribution in [1.82, 2.24) is 4.90 Å². The van der Waals surface area contributed by atoms with Crippen LogP contribution in [0.4, 0.5) is 0 Å². The van der Waals surface area contributed by atoms with Gasteiger partial charge in [0.2, 0.25) is 12.5 Å². The highest BCUT2D eigenvalue weighted by molar-refractivity contribution is 5.90. The number of ketones is 1. The minimum atomic E-state index is -0.0473. The molecule has 190 valence electrons. The average Bonchev–Trinajstić information content (AvgIpc) is 3.27. The lowest BCUT2D eigenvalue weighted by Crippen LogP contribution is -2.33. The molecular formula is C30H41NO4. The molecule has 4 rings (SSSR count). The number of hydrogen-bond donors (Lipinski definition) is 0. The lowest BCUT2D eigenvalue weighted by atomic mass is 9.71. The van der Waals surface area contributed by atoms with Crippen LogP contribution < -0.4 is 14.2 Å². The lowest BCUT2D eigenvalue weighted by Gasteiger charge is -2.35. The van der Waals surface area contributed by atoms with Crippen molar-refractivity contribution < 1.29 is 19.0 Å². The summed E-state index contributed by atoms with van der Waals surface area (Å²) < 4.78 is 17.0. The van der Waals surface area contributed by atoms with Crippen LogP contribution in [0.2, 0.25) is 0 Å². The average molecular weight is 480 g/mol. The molecule has 0 amide bonds. The first-order valence-electron chi connectivity index (χ1n) is 13.0. The third-order valence-electron chi connectivity index (χ3n) is 8.06. The molecule has 1 atom stereocenters. The van der Waals surface area contributed by atoms with Crippen LogP contribution in [-0.2, 0) is 11.2 Å². The van der Waals surface area contributed by atoms with Crippen molar-refractivity contribution in [2.75, 3.05) is 27.5 Å². The number of carbonyl (C=O) groups excluding carboxylic acids is 1. The fourth-order valence-electron chi connectivity index (χ4n) is 5.99. The van der Waals surface area contributed by atoms with Crippen LogP contribution in [0.3, 0.4) is 0 Å². The van der Waals surface area contributed by atoms with Crippen molar-refractivity contribution in [3.05, 3.63) is 52.1 Å². The molecule has 35 heavy (non-hydrogen) atoms. The Hall–Kier alpha value is -2.53. The van der Waals surface area contributed by atoms with Gasteiger partial charge in [0.25, 0.3) is 0 Å². The van der Waals surface area contributed by atoms with Crippen LogP contribution >= 0.6 is 0 Å². The van der Waals surface area contributed by atoms with E-state index in [-0.39, 0.29) is 18.6 Å². The number of fused-ring (bicyclic) bond motifs is 2. The van der Waals surface area contributed by atoms with E-state index in [9.17, 15) is 4.79 Å². The lowest BCUT2D eigenvalue weighted by molar-refractivity contribution is -0.115. The van der Waals surface area contributed by atoms with Gasteiger partial charge in [-0.15, -0.1) is 0 Å². The van der Waals surface area contributed by atoms with Crippen molar-refractivity contribution >= 4 is 5.78 Å². The molecule has 2 heterocycles. The van der Waals surface area contributed by atoms with Crippen molar-refractivity contribution in [1.29, 1.82) is 0 Å². The predicted molar refractivity (Wildman–Crippen MR) is 140 cm³/mol. The Morgan fingerprint density at radius 2 is 2.09 bits per heavy atom. The fraction of sp³-hybridized carbons (Fsp3) is 0.567. The molecule has 2 aliphatic heterocycles. The van der Waals surface area contributed by atoms with E-state index in [0.717, 1.165) is 37.1 Å². The molecule has 3 aliphatic rings. The number of methoxy groups -OCH3 is 1. The maximum atomic E-state index is 13.0. The molecule has 1 aliphatic carbocycles. The van der Waals surface area contributed by atoms with Crippen molar-refractivity contribution in [2.24, 2.45) is 5.41 Å². The molecule has 0 fully saturated rings. The second-order valence-corrected chi connectivity index (χ2v) is 11.0. The molecule has 0 unspecified atom stereocenters. The Labute approximate surface area is 210 Å². The predicted octanol–water partition coefficient (Wildman–Crippen LogP) is 6.72. The number of allylic oxidation sites excluding steroid dienone is 6. The SMILES string of the molecule is COc1c2c(cc3c1[C@H](CC(=O)/C=C\C=C(\C)CCC1=C(C)CCCC1(C)C)N(C)CC3)OCO2. The zero-order chi connectivity index (χ0) is 25.2. The van der Waals surface area contributed by atoms with Gasteiger partial charge in [-0.05, 0) is 82.5 Å². The third-order valence-corrected chi connectivity index (χ3v) is 8.06. The molecule has 0 radical (unpaired) electrons. The first kappa shape index (κ1) is 25.6. The highest BCUT2D eigenvalue weighted by Crippen LogP contribution is 2.50. The van der Waals surface area contributed by atoms with Gasteiger partial charge in [-0.2, -0.15) is 0 Å². The summed E-state index contributed by atoms with van der Waals surface area (Å²) in [6.07, 6.45) is 13.0. The summed E-state index contributed by atoms with van der Waals surface area (Å²) in [5, 5.41) is 0. The van der Waals surface area contributed by atoms with Crippen LogP contribution in [0.5, 0.6) is 17.2 Å². The zero-order valence-corrected chi connectivity index (χ0v) is 22.3. The Morgan fingerprint density at radius 1 is 1.29 bits per heavy atom. The van der Waals surface area contributed by atoms with Crippen molar-refractivity contribution in [3.63, 3.8) is 0 Å². The topological polar surface area (TPSA) is 48.0 Å². The molecule has 5 nitrogen and oxygen atoms in total. The molecular weight excluding hydrogens is 438 g/mol. The van der Waals surface area contributed by atoms with Crippen molar-refractivity contribution in [3.8, 4) is 17.2 Å². The van der Waals surface area contributed by atoms with Crippen molar-refractivity contribution in [2.45, 2.75) is 78.7 Å². The minimum Gasteiger partial charge on any atom is -0.492 e. The van der Waals surface area contributed by atoms with Gasteiger partial charge in [-0.3, -0.25) is 9.69 Å². The molecule has 0 spiro atoms. The van der Waals surface area contributed by atoms with Crippen LogP contribution in [0.15, 0.2) is 41.0 Å². The molecule has 1 aromatic rings. The summed E-state index contributed by atoms with van der Waals surface area (Å²) in [7, 11) is 3.73. The minimum absolute atomic E-state index is 0.0473. The molecule has 0 N–H and O–H groups in total. The van der Waals surface area contributed by atoms with E-state index >= 15 is 0 Å². The highest BCUT2D eigenvalue weighted by atomic mass is 16.7. The Kier molecular flexibility index (Phi) is 7.75. The molecule has 0 saturated heterocycles. The van der Waals surface area contributed by atoms with E-state index in [1.165, 1.54) is 30.4 Å². The normalized spacial score (nSPS) is 22.0. The zero-order valence-electron chi connectivity index (χ0n) is 22.3. The Morgan fingerprint density at radius 3 is 2.83 bits per heavy atom. The number of benzene rings is 1. The van der Waals surface area contributed by atoms with E-state index in [1.807, 2.05) is 6.08 Å². The number of rotatable bonds is 8. The van der Waals surface area contributed by atoms with Gasteiger partial charge in [0, 0.05) is 24.6 Å². The van der Waals surface area contributed by atoms with Crippen LogP contribution in [-0.4, -0.2) is 38.2 Å². The van der Waals surface area contributed by atoms with E-state index in [4.69, 9.17) is 14.2 Å². The second-order valence-electron chi connectivity index (χ2n) is 11.0. The summed E-state index contributed by atoms with van der Waals surface area (Å²) in [5.41, 5.74) is 7.06. The first-order valence-corrected chi connectivity index (χ1v) is 13.0. The van der Waals surface area contributed by atoms with Crippen LogP contribution in [0.1, 0.15) is 83.4 Å². The Balaban J connectivity index is 1.42. The number of nitrogens with zero attached hydrogens (tertiary/aromatic N) is 1. The van der Waals surface area contributed by atoms with Gasteiger partial charge in [-0.1, -0.05) is 42.7 Å². The largest absolute Gasteiger partial charge is 0.492 e. The monoisotopic (exact) mass is 479 g/mol. The van der Waals surface area contributed by atoms with Gasteiger partial charge >= 0.3 is 0 Å². The van der Waals surface area contributed by atoms with E-state index in [0.29, 0.717) is 23.3 Å². The van der Waals surface area contributed by atoms with E-state index in [1.54, 1.807) is 24.3 Å². The van der Waals surface area contributed by atoms with Gasteiger partial charge in [0.1, 0.15) is 0 Å². The number of likely N-dealkylation sites (N-methyl/N-ethyl adjacent to an activating group) is 1. The molecule has 0 aromatic heterocycles. The number of hydrogen-bond acceptors (Lipinski definition) is 5. The molecule has 0 saturated carbocycles. The summed E-state index contributed by atoms with van der Waals surface area (Å²) in [4.78, 5) is 15.2. The number of carbonyl (C=O) groups is 1. The van der Waals surface area contributed by atoms with E-state index in [2.05, 4.69) is 51.8 Å². The smallest absolute Gasteiger partial charge is 0.231 e. The van der Waals surface area contributed by atoms with Crippen LogP contribution in [0, 0.1) is 5.41 Å². The second kappa shape index (κ2) is 10.6. The van der Waals surface area contributed by atoms with Crippen LogP contribution in [0.25, 0.3) is 0 Å². The quantitative estimate of drug-likeness (QED) is 0.235. The maximum absolute atomic E-state index is 13.0. The number of ether oxygens (including phenoxy) is 3. The molecule has 0 bridgehead atoms. The Bertz CT molecular complexity index is 1060. The summed E-state index contributed by atoms with van der Waals surface area (Å²) >= 11 is 0. The fourth-order valence-corrected chi connectivity index (χ4v) is 5.99. The summed E-state index contributed by atoms with van der Waals surface area (Å²) in [6.45, 7) is 10.3. The summed E-state index contributed by atoms with van der Waals surface area (Å²) in [5.74, 6) is 2.21. The summed E-state index contributed by atoms with van der Waals surface area (Å²) in [6, 6.07) is 2.01. The van der Waals surface area contributed by atoms with Gasteiger partial charge in [0.05, 0.1) is 7.11 Å².